The number of rotatable bonds is 6. The van der Waals surface area contributed by atoms with E-state index >= 15 is 0 Å². The first kappa shape index (κ1) is 20.0. The Kier molecular flexibility index (Phi) is 6.21. The molecule has 0 fully saturated rings. The third kappa shape index (κ3) is 4.33. The molecule has 1 aromatic heterocycles. The lowest BCUT2D eigenvalue weighted by Crippen LogP contribution is -2.09. The van der Waals surface area contributed by atoms with Crippen molar-refractivity contribution in [2.24, 2.45) is 0 Å². The van der Waals surface area contributed by atoms with Gasteiger partial charge in [0.05, 0.1) is 0 Å². The van der Waals surface area contributed by atoms with Crippen molar-refractivity contribution in [1.29, 1.82) is 0 Å². The minimum Gasteiger partial charge on any atom is -0.380 e. The Bertz CT molecular complexity index is 1080. The van der Waals surface area contributed by atoms with Crippen molar-refractivity contribution in [1.82, 2.24) is 14.8 Å². The molecule has 0 saturated carbocycles. The van der Waals surface area contributed by atoms with Gasteiger partial charge in [-0.2, -0.15) is 0 Å². The van der Waals surface area contributed by atoms with Gasteiger partial charge in [-0.15, -0.1) is 10.2 Å². The van der Waals surface area contributed by atoms with E-state index in [1.54, 1.807) is 0 Å². The van der Waals surface area contributed by atoms with Gasteiger partial charge in [0, 0.05) is 21.5 Å². The van der Waals surface area contributed by atoms with Crippen LogP contribution in [0.1, 0.15) is 23.1 Å². The molecule has 1 heterocycles. The topological polar surface area (TPSA) is 50.9 Å². The number of halogens is 2. The number of thioether (sulfide) groups is 1. The van der Waals surface area contributed by atoms with Crippen LogP contribution in [0.4, 0.5) is 0 Å². The number of hydrogen-bond acceptors (Lipinski definition) is 4. The molecular formula is C22H17Cl2N3OS. The molecule has 1 unspecified atom stereocenters. The van der Waals surface area contributed by atoms with Crippen LogP contribution >= 0.6 is 35.0 Å². The quantitative estimate of drug-likeness (QED) is 0.375. The lowest BCUT2D eigenvalue weighted by Gasteiger charge is -2.14. The summed E-state index contributed by atoms with van der Waals surface area (Å²) in [6.07, 6.45) is -0.901. The molecule has 29 heavy (non-hydrogen) atoms. The zero-order valence-electron chi connectivity index (χ0n) is 15.2. The first-order chi connectivity index (χ1) is 14.1. The summed E-state index contributed by atoms with van der Waals surface area (Å²) in [5.74, 6) is 0.986. The van der Waals surface area contributed by atoms with E-state index < -0.39 is 6.10 Å². The summed E-state index contributed by atoms with van der Waals surface area (Å²) in [6.45, 7) is 0. The summed E-state index contributed by atoms with van der Waals surface area (Å²) in [5, 5.41) is 21.5. The second kappa shape index (κ2) is 9.01. The largest absolute Gasteiger partial charge is 0.380 e. The average molecular weight is 442 g/mol. The summed E-state index contributed by atoms with van der Waals surface area (Å²) in [7, 11) is 0. The van der Waals surface area contributed by atoms with Crippen molar-refractivity contribution in [2.45, 2.75) is 17.0 Å². The lowest BCUT2D eigenvalue weighted by atomic mass is 10.1. The molecule has 0 aliphatic rings. The van der Waals surface area contributed by atoms with Gasteiger partial charge in [-0.25, -0.2) is 0 Å². The molecule has 0 aliphatic heterocycles. The van der Waals surface area contributed by atoms with Crippen LogP contribution in [-0.2, 0) is 5.75 Å². The highest BCUT2D eigenvalue weighted by Crippen LogP contribution is 2.33. The van der Waals surface area contributed by atoms with E-state index in [0.717, 1.165) is 16.8 Å². The summed E-state index contributed by atoms with van der Waals surface area (Å²) in [5.41, 5.74) is 2.46. The Morgan fingerprint density at radius 3 is 2.10 bits per heavy atom. The zero-order chi connectivity index (χ0) is 20.2. The minimum atomic E-state index is -0.901. The number of para-hydroxylation sites is 1. The molecule has 0 bridgehead atoms. The van der Waals surface area contributed by atoms with E-state index in [4.69, 9.17) is 23.2 Å². The fourth-order valence-electron chi connectivity index (χ4n) is 2.96. The van der Waals surface area contributed by atoms with Crippen LogP contribution < -0.4 is 0 Å². The normalized spacial score (nSPS) is 12.1. The van der Waals surface area contributed by atoms with Crippen molar-refractivity contribution >= 4 is 35.0 Å². The average Bonchev–Trinajstić information content (AvgIpc) is 3.18. The minimum absolute atomic E-state index is 0.454. The summed E-state index contributed by atoms with van der Waals surface area (Å²) in [6, 6.07) is 24.6. The van der Waals surface area contributed by atoms with Gasteiger partial charge in [-0.1, -0.05) is 89.6 Å². The van der Waals surface area contributed by atoms with Crippen molar-refractivity contribution < 1.29 is 5.11 Å². The first-order valence-corrected chi connectivity index (χ1v) is 10.7. The number of aliphatic hydroxyl groups excluding tert-OH is 1. The highest BCUT2D eigenvalue weighted by Gasteiger charge is 2.22. The Hall–Kier alpha value is -2.31. The molecule has 0 spiro atoms. The highest BCUT2D eigenvalue weighted by molar-refractivity contribution is 7.98. The predicted molar refractivity (Wildman–Crippen MR) is 118 cm³/mol. The number of aromatic nitrogens is 3. The summed E-state index contributed by atoms with van der Waals surface area (Å²) >= 11 is 14.1. The van der Waals surface area contributed by atoms with Gasteiger partial charge in [-0.3, -0.25) is 4.57 Å². The maximum absolute atomic E-state index is 10.9. The van der Waals surface area contributed by atoms with Gasteiger partial charge in [0.2, 0.25) is 0 Å². The molecule has 0 radical (unpaired) electrons. The van der Waals surface area contributed by atoms with E-state index in [0.29, 0.717) is 26.8 Å². The first-order valence-electron chi connectivity index (χ1n) is 8.94. The smallest absolute Gasteiger partial charge is 0.196 e. The maximum atomic E-state index is 10.9. The van der Waals surface area contributed by atoms with Gasteiger partial charge < -0.3 is 5.11 Å². The highest BCUT2D eigenvalue weighted by atomic mass is 35.5. The second-order valence-corrected chi connectivity index (χ2v) is 8.07. The number of aliphatic hydroxyl groups is 1. The van der Waals surface area contributed by atoms with Crippen molar-refractivity contribution in [3.05, 3.63) is 106 Å². The second-order valence-electron chi connectivity index (χ2n) is 6.31. The third-order valence-corrected chi connectivity index (χ3v) is 6.10. The third-order valence-electron chi connectivity index (χ3n) is 4.44. The predicted octanol–water partition coefficient (Wildman–Crippen LogP) is 5.95. The number of nitrogens with zero attached hydrogens (tertiary/aromatic N) is 3. The fourth-order valence-corrected chi connectivity index (χ4v) is 4.66. The summed E-state index contributed by atoms with van der Waals surface area (Å²) in [4.78, 5) is 0. The summed E-state index contributed by atoms with van der Waals surface area (Å²) < 4.78 is 1.87. The molecular weight excluding hydrogens is 425 g/mol. The number of benzene rings is 3. The van der Waals surface area contributed by atoms with Crippen molar-refractivity contribution in [3.8, 4) is 5.69 Å². The van der Waals surface area contributed by atoms with Gasteiger partial charge >= 0.3 is 0 Å². The van der Waals surface area contributed by atoms with E-state index in [-0.39, 0.29) is 0 Å². The standard InChI is InChI=1S/C22H17Cl2N3OS/c23-18-12-7-13-19(24)17(18)14-29-22-26-25-21(20(28)15-8-3-1-4-9-15)27(22)16-10-5-2-6-11-16/h1-13,20,28H,14H2. The molecule has 4 nitrogen and oxygen atoms in total. The van der Waals surface area contributed by atoms with Crippen LogP contribution in [0.3, 0.4) is 0 Å². The molecule has 1 atom stereocenters. The molecule has 0 aliphatic carbocycles. The van der Waals surface area contributed by atoms with E-state index in [1.807, 2.05) is 83.4 Å². The SMILES string of the molecule is OC(c1ccccc1)c1nnc(SCc2c(Cl)cccc2Cl)n1-c1ccccc1. The number of hydrogen-bond donors (Lipinski definition) is 1. The van der Waals surface area contributed by atoms with Crippen LogP contribution in [0.2, 0.25) is 10.0 Å². The lowest BCUT2D eigenvalue weighted by molar-refractivity contribution is 0.207. The molecule has 146 valence electrons. The molecule has 4 rings (SSSR count). The Morgan fingerprint density at radius 2 is 1.45 bits per heavy atom. The Morgan fingerprint density at radius 1 is 0.828 bits per heavy atom. The molecule has 1 N–H and O–H groups in total. The van der Waals surface area contributed by atoms with E-state index in [2.05, 4.69) is 10.2 Å². The van der Waals surface area contributed by atoms with Gasteiger partial charge in [0.15, 0.2) is 11.0 Å². The monoisotopic (exact) mass is 441 g/mol. The zero-order valence-corrected chi connectivity index (χ0v) is 17.6. The Labute approximate surface area is 183 Å². The van der Waals surface area contributed by atoms with Crippen LogP contribution in [0.15, 0.2) is 84.0 Å². The fraction of sp³-hybridized carbons (Fsp3) is 0.0909. The van der Waals surface area contributed by atoms with Crippen molar-refractivity contribution in [3.63, 3.8) is 0 Å². The van der Waals surface area contributed by atoms with E-state index in [1.165, 1.54) is 11.8 Å². The van der Waals surface area contributed by atoms with E-state index in [9.17, 15) is 5.11 Å². The van der Waals surface area contributed by atoms with Gasteiger partial charge in [0.1, 0.15) is 6.10 Å². The van der Waals surface area contributed by atoms with Crippen LogP contribution in [0.25, 0.3) is 5.69 Å². The van der Waals surface area contributed by atoms with Gasteiger partial charge in [0.25, 0.3) is 0 Å². The van der Waals surface area contributed by atoms with Crippen molar-refractivity contribution in [2.75, 3.05) is 0 Å². The molecule has 0 amide bonds. The maximum Gasteiger partial charge on any atom is 0.196 e. The molecule has 4 aromatic rings. The molecule has 0 saturated heterocycles. The van der Waals surface area contributed by atoms with Crippen LogP contribution in [0, 0.1) is 0 Å². The molecule has 3 aromatic carbocycles. The van der Waals surface area contributed by atoms with Crippen LogP contribution in [0.5, 0.6) is 0 Å². The van der Waals surface area contributed by atoms with Gasteiger partial charge in [-0.05, 0) is 35.4 Å². The Balaban J connectivity index is 1.72. The van der Waals surface area contributed by atoms with Crippen LogP contribution in [-0.4, -0.2) is 19.9 Å². The molecule has 7 heteroatoms.